The minimum Gasteiger partial charge on any atom is -0.486 e. The lowest BCUT2D eigenvalue weighted by Gasteiger charge is -2.28. The summed E-state index contributed by atoms with van der Waals surface area (Å²) in [4.78, 5) is 2.46. The summed E-state index contributed by atoms with van der Waals surface area (Å²) in [5.74, 6) is 1.25. The van der Waals surface area contributed by atoms with Gasteiger partial charge in [0.25, 0.3) is 0 Å². The lowest BCUT2D eigenvalue weighted by Crippen LogP contribution is -2.31. The molecule has 2 aliphatic rings. The summed E-state index contributed by atoms with van der Waals surface area (Å²) >= 11 is 10.9. The number of ether oxygens (including phenoxy) is 1. The van der Waals surface area contributed by atoms with Crippen LogP contribution in [0, 0.1) is 20.8 Å². The third-order valence-corrected chi connectivity index (χ3v) is 7.75. The summed E-state index contributed by atoms with van der Waals surface area (Å²) < 4.78 is 6.61. The van der Waals surface area contributed by atoms with Gasteiger partial charge in [-0.25, -0.2) is 30.1 Å². The van der Waals surface area contributed by atoms with Crippen LogP contribution in [0.5, 0.6) is 5.75 Å². The van der Waals surface area contributed by atoms with Crippen LogP contribution >= 0.6 is 53.3 Å². The molecule has 2 aliphatic heterocycles. The van der Waals surface area contributed by atoms with Crippen LogP contribution in [0.3, 0.4) is 0 Å². The third-order valence-electron chi connectivity index (χ3n) is 7.03. The van der Waals surface area contributed by atoms with Crippen molar-refractivity contribution < 1.29 is 4.74 Å². The fraction of sp³-hybridized carbons (Fsp3) is 0.333. The van der Waals surface area contributed by atoms with Crippen LogP contribution < -0.4 is 9.64 Å². The average molecular weight is 586 g/mol. The van der Waals surface area contributed by atoms with E-state index in [1.165, 1.54) is 44.6 Å². The predicted octanol–water partition coefficient (Wildman–Crippen LogP) is 9.43. The van der Waals surface area contributed by atoms with Gasteiger partial charge in [0, 0.05) is 24.3 Å². The molecule has 1 atom stereocenters. The van der Waals surface area contributed by atoms with Crippen molar-refractivity contribution in [3.05, 3.63) is 91.5 Å². The Bertz CT molecular complexity index is 1230. The zero-order chi connectivity index (χ0) is 25.7. The molecule has 0 N–H and O–H groups in total. The van der Waals surface area contributed by atoms with Crippen LogP contribution in [0.15, 0.2) is 42.5 Å². The van der Waals surface area contributed by atoms with E-state index in [-0.39, 0.29) is 11.5 Å². The molecule has 2 nitrogen and oxygen atoms in total. The molecule has 5 rings (SSSR count). The van der Waals surface area contributed by atoms with Gasteiger partial charge in [-0.15, -0.1) is 0 Å². The van der Waals surface area contributed by atoms with E-state index >= 15 is 0 Å². The second kappa shape index (κ2) is 10.5. The maximum absolute atomic E-state index is 6.61. The second-order valence-corrected chi connectivity index (χ2v) is 16.9. The van der Waals surface area contributed by atoms with Gasteiger partial charge >= 0.3 is 11.4 Å². The lowest BCUT2D eigenvalue weighted by atomic mass is 9.78. The van der Waals surface area contributed by atoms with Gasteiger partial charge in [0.05, 0.1) is 16.0 Å². The van der Waals surface area contributed by atoms with Crippen LogP contribution in [0.2, 0.25) is 10.0 Å². The molecule has 1 unspecified atom stereocenters. The van der Waals surface area contributed by atoms with E-state index < -0.39 is 11.4 Å². The van der Waals surface area contributed by atoms with Crippen LogP contribution in [0.1, 0.15) is 58.7 Å². The van der Waals surface area contributed by atoms with Crippen LogP contribution in [0.25, 0.3) is 0 Å². The SMILES string of the molecule is Cc1c(C)c(N2Cc3cc(Cl)c(Cl)cc3C2)c(C)c2c1OC(C)(C)C2c1ccccc1.[Cl][Al]([Cl])[Cl]. The Morgan fingerprint density at radius 3 is 1.89 bits per heavy atom. The summed E-state index contributed by atoms with van der Waals surface area (Å²) in [6.07, 6.45) is 0. The Hall–Kier alpha value is -0.758. The number of benzene rings is 3. The minimum absolute atomic E-state index is 0.190. The first kappa shape index (κ1) is 27.3. The summed E-state index contributed by atoms with van der Waals surface area (Å²) in [6.45, 7) is 12.7. The maximum Gasteiger partial charge on any atom is 0.643 e. The molecule has 0 saturated heterocycles. The van der Waals surface area contributed by atoms with E-state index in [1.807, 2.05) is 12.1 Å². The Balaban J connectivity index is 0.000000672. The zero-order valence-corrected chi connectivity index (χ0v) is 25.3. The number of fused-ring (bicyclic) bond motifs is 2. The molecule has 8 heteroatoms. The van der Waals surface area contributed by atoms with Crippen molar-refractivity contribution in [2.75, 3.05) is 4.90 Å². The summed E-state index contributed by atoms with van der Waals surface area (Å²) in [5, 5.41) is 1.25. The number of anilines is 1. The number of rotatable bonds is 2. The Morgan fingerprint density at radius 2 is 1.37 bits per heavy atom. The van der Waals surface area contributed by atoms with Gasteiger partial charge in [0.2, 0.25) is 0 Å². The van der Waals surface area contributed by atoms with Crippen molar-refractivity contribution in [3.8, 4) is 5.75 Å². The molecule has 0 fully saturated rings. The third kappa shape index (κ3) is 5.30. The fourth-order valence-corrected chi connectivity index (χ4v) is 5.89. The Kier molecular flexibility index (Phi) is 8.22. The van der Waals surface area contributed by atoms with Crippen molar-refractivity contribution in [2.45, 2.75) is 59.2 Å². The van der Waals surface area contributed by atoms with Gasteiger partial charge in [-0.2, -0.15) is 0 Å². The molecule has 0 aromatic heterocycles. The van der Waals surface area contributed by atoms with Crippen molar-refractivity contribution in [1.82, 2.24) is 0 Å². The molecule has 0 amide bonds. The van der Waals surface area contributed by atoms with Crippen molar-refractivity contribution in [1.29, 1.82) is 0 Å². The van der Waals surface area contributed by atoms with Gasteiger partial charge in [-0.1, -0.05) is 53.5 Å². The molecule has 0 bridgehead atoms. The molecule has 3 aromatic carbocycles. The predicted molar refractivity (Wildman–Crippen MR) is 153 cm³/mol. The Labute approximate surface area is 235 Å². The van der Waals surface area contributed by atoms with Gasteiger partial charge in [-0.3, -0.25) is 0 Å². The highest BCUT2D eigenvalue weighted by molar-refractivity contribution is 7.54. The first-order chi connectivity index (χ1) is 16.4. The summed E-state index contributed by atoms with van der Waals surface area (Å²) in [7, 11) is 14.8. The maximum atomic E-state index is 6.61. The molecular weight excluding hydrogens is 559 g/mol. The molecule has 35 heavy (non-hydrogen) atoms. The first-order valence-electron chi connectivity index (χ1n) is 11.4. The van der Waals surface area contributed by atoms with Crippen LogP contribution in [-0.2, 0) is 13.1 Å². The fourth-order valence-electron chi connectivity index (χ4n) is 5.51. The molecule has 2 heterocycles. The number of hydrogen-bond donors (Lipinski definition) is 0. The topological polar surface area (TPSA) is 12.5 Å². The van der Waals surface area contributed by atoms with E-state index in [9.17, 15) is 0 Å². The highest BCUT2D eigenvalue weighted by atomic mass is 35.8. The van der Waals surface area contributed by atoms with Gasteiger partial charge < -0.3 is 9.64 Å². The molecule has 0 radical (unpaired) electrons. The van der Waals surface area contributed by atoms with E-state index in [2.05, 4.69) is 69.9 Å². The number of nitrogens with zero attached hydrogens (tertiary/aromatic N) is 1. The summed E-state index contributed by atoms with van der Waals surface area (Å²) in [5.41, 5.74) is 9.95. The largest absolute Gasteiger partial charge is 0.643 e. The zero-order valence-electron chi connectivity index (χ0n) is 20.4. The van der Waals surface area contributed by atoms with Crippen LogP contribution in [-0.4, -0.2) is 17.0 Å². The highest BCUT2D eigenvalue weighted by Gasteiger charge is 2.45. The van der Waals surface area contributed by atoms with Crippen molar-refractivity contribution >= 4 is 70.4 Å². The quantitative estimate of drug-likeness (QED) is 0.278. The second-order valence-electron chi connectivity index (χ2n) is 9.65. The molecular formula is C27H27AlCl5NO. The first-order valence-corrected chi connectivity index (χ1v) is 17.4. The van der Waals surface area contributed by atoms with Gasteiger partial charge in [-0.05, 0) is 80.1 Å². The van der Waals surface area contributed by atoms with Crippen molar-refractivity contribution in [2.24, 2.45) is 0 Å². The molecule has 0 aliphatic carbocycles. The van der Waals surface area contributed by atoms with Gasteiger partial charge in [0.15, 0.2) is 0 Å². The van der Waals surface area contributed by atoms with Crippen LogP contribution in [0.4, 0.5) is 5.69 Å². The molecule has 184 valence electrons. The number of halogens is 5. The molecule has 0 spiro atoms. The molecule has 0 saturated carbocycles. The Morgan fingerprint density at radius 1 is 0.857 bits per heavy atom. The van der Waals surface area contributed by atoms with E-state index in [1.54, 1.807) is 0 Å². The highest BCUT2D eigenvalue weighted by Crippen LogP contribution is 2.54. The van der Waals surface area contributed by atoms with E-state index in [4.69, 9.17) is 58.1 Å². The molecule has 3 aromatic rings. The van der Waals surface area contributed by atoms with Crippen molar-refractivity contribution in [3.63, 3.8) is 0 Å². The lowest BCUT2D eigenvalue weighted by molar-refractivity contribution is 0.121. The minimum atomic E-state index is -1.72. The van der Waals surface area contributed by atoms with E-state index in [0.717, 1.165) is 18.8 Å². The normalized spacial score (nSPS) is 17.3. The average Bonchev–Trinajstić information content (AvgIpc) is 3.30. The standard InChI is InChI=1S/C27H27Cl2NO.Al.3ClH/c1-15-16(2)26-23(24(27(4,5)31-26)18-9-7-6-8-10-18)17(3)25(15)30-13-19-11-21(28)22(29)12-20(19)14-30;;;;/h6-12,24H,13-14H2,1-5H3;;3*1H/q;+3;;;/p-3. The summed E-state index contributed by atoms with van der Waals surface area (Å²) in [6, 6.07) is 14.8. The van der Waals surface area contributed by atoms with Gasteiger partial charge in [0.1, 0.15) is 11.4 Å². The smallest absolute Gasteiger partial charge is 0.486 e. The number of hydrogen-bond acceptors (Lipinski definition) is 2. The monoisotopic (exact) mass is 583 g/mol. The van der Waals surface area contributed by atoms with E-state index in [0.29, 0.717) is 10.0 Å².